The maximum Gasteiger partial charge on any atom is 0.256 e. The monoisotopic (exact) mass is 373 g/mol. The van der Waals surface area contributed by atoms with Crippen LogP contribution in [0, 0.1) is 13.8 Å². The first-order valence-corrected chi connectivity index (χ1v) is 8.53. The van der Waals surface area contributed by atoms with Gasteiger partial charge in [-0.15, -0.1) is 0 Å². The smallest absolute Gasteiger partial charge is 0.256 e. The lowest BCUT2D eigenvalue weighted by atomic mass is 10.1. The molecule has 0 saturated carbocycles. The molecule has 0 bridgehead atoms. The molecule has 1 amide bonds. The van der Waals surface area contributed by atoms with Crippen LogP contribution < -0.4 is 5.32 Å². The van der Waals surface area contributed by atoms with Gasteiger partial charge in [0.25, 0.3) is 5.91 Å². The van der Waals surface area contributed by atoms with E-state index in [9.17, 15) is 4.79 Å². The molecule has 0 aliphatic heterocycles. The largest absolute Gasteiger partial charge is 0.319 e. The molecule has 4 nitrogen and oxygen atoms in total. The normalized spacial score (nSPS) is 10.7. The third-order valence-electron chi connectivity index (χ3n) is 3.90. The third kappa shape index (κ3) is 4.03. The summed E-state index contributed by atoms with van der Waals surface area (Å²) in [6, 6.07) is 11.1. The van der Waals surface area contributed by atoms with E-state index in [1.54, 1.807) is 35.3 Å². The van der Waals surface area contributed by atoms with Crippen LogP contribution in [0.5, 0.6) is 0 Å². The number of rotatable bonds is 4. The minimum absolute atomic E-state index is 0.159. The summed E-state index contributed by atoms with van der Waals surface area (Å²) in [4.78, 5) is 12.4. The number of nitrogens with one attached hydrogen (secondary N) is 1. The Morgan fingerprint density at radius 2 is 1.88 bits per heavy atom. The van der Waals surface area contributed by atoms with Gasteiger partial charge in [-0.3, -0.25) is 9.48 Å². The van der Waals surface area contributed by atoms with Crippen LogP contribution in [-0.4, -0.2) is 15.7 Å². The van der Waals surface area contributed by atoms with Gasteiger partial charge in [0.2, 0.25) is 0 Å². The Morgan fingerprint density at radius 3 is 2.56 bits per heavy atom. The first-order chi connectivity index (χ1) is 11.9. The molecule has 0 radical (unpaired) electrons. The van der Waals surface area contributed by atoms with E-state index in [4.69, 9.17) is 23.2 Å². The zero-order valence-corrected chi connectivity index (χ0v) is 15.4. The number of aryl methyl sites for hydroxylation is 2. The lowest BCUT2D eigenvalue weighted by molar-refractivity contribution is 0.102. The van der Waals surface area contributed by atoms with E-state index in [0.29, 0.717) is 27.8 Å². The second kappa shape index (κ2) is 7.30. The number of amides is 1. The molecule has 0 spiro atoms. The fraction of sp³-hybridized carbons (Fsp3) is 0.158. The summed E-state index contributed by atoms with van der Waals surface area (Å²) in [5.74, 6) is -0.159. The van der Waals surface area contributed by atoms with E-state index >= 15 is 0 Å². The SMILES string of the molecule is Cc1ccc(C(=O)Nc2cnn(Cc3c(Cl)cccc3Cl)c2)c(C)c1. The molecule has 3 rings (SSSR count). The summed E-state index contributed by atoms with van der Waals surface area (Å²) < 4.78 is 1.69. The summed E-state index contributed by atoms with van der Waals surface area (Å²) in [5.41, 5.74) is 4.12. The van der Waals surface area contributed by atoms with Crippen LogP contribution >= 0.6 is 23.2 Å². The van der Waals surface area contributed by atoms with Crippen LogP contribution in [0.15, 0.2) is 48.8 Å². The fourth-order valence-electron chi connectivity index (χ4n) is 2.63. The lowest BCUT2D eigenvalue weighted by Crippen LogP contribution is -2.13. The average Bonchev–Trinajstić information content (AvgIpc) is 2.98. The zero-order valence-electron chi connectivity index (χ0n) is 13.9. The van der Waals surface area contributed by atoms with Crippen LogP contribution in [0.4, 0.5) is 5.69 Å². The predicted octanol–water partition coefficient (Wildman–Crippen LogP) is 5.11. The van der Waals surface area contributed by atoms with Gasteiger partial charge in [0.1, 0.15) is 0 Å². The molecule has 1 aromatic heterocycles. The number of nitrogens with zero attached hydrogens (tertiary/aromatic N) is 2. The quantitative estimate of drug-likeness (QED) is 0.690. The molecule has 1 heterocycles. The summed E-state index contributed by atoms with van der Waals surface area (Å²) in [6.07, 6.45) is 3.35. The molecule has 0 aliphatic carbocycles. The number of carbonyl (C=O) groups excluding carboxylic acids is 1. The van der Waals surface area contributed by atoms with Crippen LogP contribution in [0.1, 0.15) is 27.0 Å². The van der Waals surface area contributed by atoms with E-state index in [-0.39, 0.29) is 5.91 Å². The van der Waals surface area contributed by atoms with E-state index in [1.807, 2.05) is 32.0 Å². The molecule has 2 aromatic carbocycles. The van der Waals surface area contributed by atoms with Crippen LogP contribution in [0.3, 0.4) is 0 Å². The van der Waals surface area contributed by atoms with Crippen molar-refractivity contribution in [2.45, 2.75) is 20.4 Å². The van der Waals surface area contributed by atoms with Gasteiger partial charge >= 0.3 is 0 Å². The van der Waals surface area contributed by atoms with Crippen LogP contribution in [0.2, 0.25) is 10.0 Å². The number of hydrogen-bond donors (Lipinski definition) is 1. The maximum atomic E-state index is 12.4. The van der Waals surface area contributed by atoms with Crippen molar-refractivity contribution in [2.75, 3.05) is 5.32 Å². The Bertz CT molecular complexity index is 914. The van der Waals surface area contributed by atoms with Crippen molar-refractivity contribution in [1.82, 2.24) is 9.78 Å². The van der Waals surface area contributed by atoms with Gasteiger partial charge < -0.3 is 5.32 Å². The van der Waals surface area contributed by atoms with Crippen LogP contribution in [-0.2, 0) is 6.54 Å². The number of aromatic nitrogens is 2. The first kappa shape index (κ1) is 17.5. The number of hydrogen-bond acceptors (Lipinski definition) is 2. The number of benzene rings is 2. The molecule has 128 valence electrons. The number of carbonyl (C=O) groups is 1. The average molecular weight is 374 g/mol. The highest BCUT2D eigenvalue weighted by molar-refractivity contribution is 6.35. The summed E-state index contributed by atoms with van der Waals surface area (Å²) in [6.45, 7) is 4.35. The molecule has 1 N–H and O–H groups in total. The molecule has 0 aliphatic rings. The Morgan fingerprint density at radius 1 is 1.16 bits per heavy atom. The van der Waals surface area contributed by atoms with Gasteiger partial charge in [0, 0.05) is 27.4 Å². The summed E-state index contributed by atoms with van der Waals surface area (Å²) in [5, 5.41) is 8.30. The van der Waals surface area contributed by atoms with Gasteiger partial charge in [-0.25, -0.2) is 0 Å². The zero-order chi connectivity index (χ0) is 18.0. The van der Waals surface area contributed by atoms with Crippen molar-refractivity contribution in [1.29, 1.82) is 0 Å². The lowest BCUT2D eigenvalue weighted by Gasteiger charge is -2.07. The van der Waals surface area contributed by atoms with Crippen molar-refractivity contribution >= 4 is 34.8 Å². The molecule has 25 heavy (non-hydrogen) atoms. The second-order valence-corrected chi connectivity index (χ2v) is 6.71. The van der Waals surface area contributed by atoms with E-state index < -0.39 is 0 Å². The minimum Gasteiger partial charge on any atom is -0.319 e. The van der Waals surface area contributed by atoms with Gasteiger partial charge in [-0.2, -0.15) is 5.10 Å². The van der Waals surface area contributed by atoms with Gasteiger partial charge in [-0.05, 0) is 37.6 Å². The third-order valence-corrected chi connectivity index (χ3v) is 4.61. The summed E-state index contributed by atoms with van der Waals surface area (Å²) >= 11 is 12.4. The Balaban J connectivity index is 1.74. The number of halogens is 2. The predicted molar refractivity (Wildman–Crippen MR) is 102 cm³/mol. The standard InChI is InChI=1S/C19H17Cl2N3O/c1-12-6-7-15(13(2)8-12)19(25)23-14-9-22-24(10-14)11-16-17(20)4-3-5-18(16)21/h3-10H,11H2,1-2H3,(H,23,25). The first-order valence-electron chi connectivity index (χ1n) is 7.78. The maximum absolute atomic E-state index is 12.4. The van der Waals surface area contributed by atoms with Crippen molar-refractivity contribution in [2.24, 2.45) is 0 Å². The van der Waals surface area contributed by atoms with Crippen molar-refractivity contribution in [3.05, 3.63) is 81.1 Å². The molecule has 0 unspecified atom stereocenters. The summed E-state index contributed by atoms with van der Waals surface area (Å²) in [7, 11) is 0. The molecule has 0 atom stereocenters. The Labute approximate surface area is 156 Å². The van der Waals surface area contributed by atoms with E-state index in [0.717, 1.165) is 16.7 Å². The van der Waals surface area contributed by atoms with Crippen molar-refractivity contribution < 1.29 is 4.79 Å². The van der Waals surface area contributed by atoms with Gasteiger partial charge in [0.15, 0.2) is 0 Å². The van der Waals surface area contributed by atoms with Crippen molar-refractivity contribution in [3.63, 3.8) is 0 Å². The minimum atomic E-state index is -0.159. The van der Waals surface area contributed by atoms with E-state index in [2.05, 4.69) is 10.4 Å². The van der Waals surface area contributed by atoms with Gasteiger partial charge in [-0.1, -0.05) is 47.0 Å². The Hall–Kier alpha value is -2.30. The number of anilines is 1. The molecule has 0 saturated heterocycles. The second-order valence-electron chi connectivity index (χ2n) is 5.90. The van der Waals surface area contributed by atoms with E-state index in [1.165, 1.54) is 0 Å². The Kier molecular flexibility index (Phi) is 5.11. The van der Waals surface area contributed by atoms with Crippen LogP contribution in [0.25, 0.3) is 0 Å². The molecular weight excluding hydrogens is 357 g/mol. The topological polar surface area (TPSA) is 46.9 Å². The highest BCUT2D eigenvalue weighted by Crippen LogP contribution is 2.25. The highest BCUT2D eigenvalue weighted by atomic mass is 35.5. The molecule has 0 fully saturated rings. The fourth-order valence-corrected chi connectivity index (χ4v) is 3.14. The molecule has 3 aromatic rings. The highest BCUT2D eigenvalue weighted by Gasteiger charge is 2.12. The molecular formula is C19H17Cl2N3O. The molecule has 6 heteroatoms. The van der Waals surface area contributed by atoms with Crippen molar-refractivity contribution in [3.8, 4) is 0 Å². The van der Waals surface area contributed by atoms with Gasteiger partial charge in [0.05, 0.1) is 18.4 Å².